The summed E-state index contributed by atoms with van der Waals surface area (Å²) >= 11 is 0. The second-order valence-electron chi connectivity index (χ2n) is 7.50. The summed E-state index contributed by atoms with van der Waals surface area (Å²) < 4.78 is 22.2. The van der Waals surface area contributed by atoms with E-state index >= 15 is 0 Å². The molecule has 0 aliphatic heterocycles. The zero-order chi connectivity index (χ0) is 22.5. The molecule has 6 heteroatoms. The molecule has 0 aliphatic rings. The van der Waals surface area contributed by atoms with E-state index < -0.39 is 0 Å². The van der Waals surface area contributed by atoms with E-state index in [1.165, 1.54) is 0 Å². The Labute approximate surface area is 182 Å². The van der Waals surface area contributed by atoms with Crippen molar-refractivity contribution in [3.63, 3.8) is 0 Å². The number of carbonyl (C=O) groups excluding carboxylic acids is 1. The van der Waals surface area contributed by atoms with Gasteiger partial charge in [-0.15, -0.1) is 0 Å². The Morgan fingerprint density at radius 3 is 2.58 bits per heavy atom. The molecule has 0 spiro atoms. The Balaban J connectivity index is 2.11. The highest BCUT2D eigenvalue weighted by Crippen LogP contribution is 2.42. The normalized spacial score (nSPS) is 12.6. The van der Waals surface area contributed by atoms with Crippen LogP contribution in [0.4, 0.5) is 0 Å². The van der Waals surface area contributed by atoms with E-state index in [-0.39, 0.29) is 11.9 Å². The quantitative estimate of drug-likeness (QED) is 0.518. The highest BCUT2D eigenvalue weighted by atomic mass is 16.5. The van der Waals surface area contributed by atoms with Crippen LogP contribution >= 0.6 is 0 Å². The number of ether oxygens (including phenoxy) is 3. The first-order valence-electron chi connectivity index (χ1n) is 10.1. The average molecular weight is 424 g/mol. The molecule has 0 saturated carbocycles. The number of allylic oxidation sites excluding steroid dienone is 1. The lowest BCUT2D eigenvalue weighted by Crippen LogP contribution is -2.34. The molecular formula is C25H29NO5. The predicted octanol–water partition coefficient (Wildman–Crippen LogP) is 4.98. The Bertz CT molecular complexity index is 1110. The number of hydrogen-bond acceptors (Lipinski definition) is 5. The molecular weight excluding hydrogens is 394 g/mol. The van der Waals surface area contributed by atoms with Crippen molar-refractivity contribution in [1.29, 1.82) is 0 Å². The minimum atomic E-state index is -0.181. The van der Waals surface area contributed by atoms with Gasteiger partial charge in [0.05, 0.1) is 27.1 Å². The Morgan fingerprint density at radius 2 is 1.90 bits per heavy atom. The monoisotopic (exact) mass is 423 g/mol. The SMILES string of the molecule is COCC(C)NC(=O)/C=C(\C)c1cc2c(-c3ccccc3OC)coc2c(C)c1OC. The van der Waals surface area contributed by atoms with Gasteiger partial charge in [0.15, 0.2) is 0 Å². The van der Waals surface area contributed by atoms with E-state index in [0.29, 0.717) is 12.4 Å². The van der Waals surface area contributed by atoms with Crippen LogP contribution in [0.5, 0.6) is 11.5 Å². The van der Waals surface area contributed by atoms with Gasteiger partial charge in [0.2, 0.25) is 5.91 Å². The number of methoxy groups -OCH3 is 3. The maximum Gasteiger partial charge on any atom is 0.244 e. The van der Waals surface area contributed by atoms with Crippen LogP contribution in [0, 0.1) is 6.92 Å². The van der Waals surface area contributed by atoms with Crippen LogP contribution in [0.15, 0.2) is 47.1 Å². The second-order valence-corrected chi connectivity index (χ2v) is 7.50. The maximum absolute atomic E-state index is 12.5. The van der Waals surface area contributed by atoms with E-state index in [2.05, 4.69) is 5.32 Å². The molecule has 1 heterocycles. The van der Waals surface area contributed by atoms with Crippen LogP contribution in [0.25, 0.3) is 27.7 Å². The van der Waals surface area contributed by atoms with Gasteiger partial charge in [-0.05, 0) is 38.5 Å². The molecule has 6 nitrogen and oxygen atoms in total. The summed E-state index contributed by atoms with van der Waals surface area (Å²) in [5.74, 6) is 1.26. The zero-order valence-corrected chi connectivity index (χ0v) is 18.9. The summed E-state index contributed by atoms with van der Waals surface area (Å²) in [6.07, 6.45) is 3.31. The second kappa shape index (κ2) is 9.71. The van der Waals surface area contributed by atoms with E-state index in [4.69, 9.17) is 18.6 Å². The van der Waals surface area contributed by atoms with Crippen molar-refractivity contribution in [3.8, 4) is 22.6 Å². The number of carbonyl (C=O) groups is 1. The van der Waals surface area contributed by atoms with E-state index in [1.54, 1.807) is 33.7 Å². The van der Waals surface area contributed by atoms with Crippen LogP contribution in [0.2, 0.25) is 0 Å². The first-order chi connectivity index (χ1) is 14.9. The largest absolute Gasteiger partial charge is 0.496 e. The van der Waals surface area contributed by atoms with Gasteiger partial charge < -0.3 is 23.9 Å². The van der Waals surface area contributed by atoms with Gasteiger partial charge in [-0.2, -0.15) is 0 Å². The van der Waals surface area contributed by atoms with Gasteiger partial charge in [-0.25, -0.2) is 0 Å². The van der Waals surface area contributed by atoms with Gasteiger partial charge in [-0.3, -0.25) is 4.79 Å². The van der Waals surface area contributed by atoms with Gasteiger partial charge in [-0.1, -0.05) is 18.2 Å². The molecule has 0 aliphatic carbocycles. The van der Waals surface area contributed by atoms with Crippen molar-refractivity contribution in [2.75, 3.05) is 27.9 Å². The number of fused-ring (bicyclic) bond motifs is 1. The highest BCUT2D eigenvalue weighted by molar-refractivity contribution is 6.02. The van der Waals surface area contributed by atoms with Crippen LogP contribution in [0.1, 0.15) is 25.0 Å². The summed E-state index contributed by atoms with van der Waals surface area (Å²) in [6.45, 7) is 6.19. The minimum Gasteiger partial charge on any atom is -0.496 e. The molecule has 3 rings (SSSR count). The lowest BCUT2D eigenvalue weighted by molar-refractivity contribution is -0.117. The third kappa shape index (κ3) is 4.59. The maximum atomic E-state index is 12.5. The minimum absolute atomic E-state index is 0.0846. The lowest BCUT2D eigenvalue weighted by Gasteiger charge is -2.15. The predicted molar refractivity (Wildman–Crippen MR) is 123 cm³/mol. The summed E-state index contributed by atoms with van der Waals surface area (Å²) in [5, 5.41) is 3.83. The van der Waals surface area contributed by atoms with Crippen LogP contribution in [-0.2, 0) is 9.53 Å². The molecule has 31 heavy (non-hydrogen) atoms. The summed E-state index contributed by atoms with van der Waals surface area (Å²) in [5.41, 5.74) is 5.10. The number of furan rings is 1. The van der Waals surface area contributed by atoms with Crippen molar-refractivity contribution < 1.29 is 23.4 Å². The van der Waals surface area contributed by atoms with Gasteiger partial charge >= 0.3 is 0 Å². The number of amides is 1. The standard InChI is InChI=1S/C25H29NO5/c1-15(11-23(27)26-16(2)13-28-4)19-12-20-21(18-9-7-8-10-22(18)29-5)14-31-25(20)17(3)24(19)30-6/h7-12,14,16H,13H2,1-6H3,(H,26,27)/b15-11+. The highest BCUT2D eigenvalue weighted by Gasteiger charge is 2.20. The lowest BCUT2D eigenvalue weighted by atomic mass is 9.96. The number of aryl methyl sites for hydroxylation is 1. The average Bonchev–Trinajstić information content (AvgIpc) is 3.17. The van der Waals surface area contributed by atoms with Crippen LogP contribution in [0.3, 0.4) is 0 Å². The van der Waals surface area contributed by atoms with E-state index in [0.717, 1.165) is 44.5 Å². The Hall–Kier alpha value is -3.25. The molecule has 0 radical (unpaired) electrons. The van der Waals surface area contributed by atoms with Crippen molar-refractivity contribution in [2.45, 2.75) is 26.8 Å². The Kier molecular flexibility index (Phi) is 7.02. The number of nitrogens with one attached hydrogen (secondary N) is 1. The number of benzene rings is 2. The number of rotatable bonds is 8. The fraction of sp³-hybridized carbons (Fsp3) is 0.320. The molecule has 0 fully saturated rings. The van der Waals surface area contributed by atoms with E-state index in [1.807, 2.05) is 51.1 Å². The number of para-hydroxylation sites is 1. The van der Waals surface area contributed by atoms with Crippen molar-refractivity contribution in [3.05, 3.63) is 53.8 Å². The van der Waals surface area contributed by atoms with Crippen LogP contribution in [-0.4, -0.2) is 39.9 Å². The molecule has 1 amide bonds. The number of hydrogen-bond donors (Lipinski definition) is 1. The topological polar surface area (TPSA) is 69.9 Å². The third-order valence-electron chi connectivity index (χ3n) is 5.22. The van der Waals surface area contributed by atoms with Crippen molar-refractivity contribution in [1.82, 2.24) is 5.32 Å². The van der Waals surface area contributed by atoms with E-state index in [9.17, 15) is 4.79 Å². The smallest absolute Gasteiger partial charge is 0.244 e. The summed E-state index contributed by atoms with van der Waals surface area (Å²) in [6, 6.07) is 9.73. The van der Waals surface area contributed by atoms with Crippen LogP contribution < -0.4 is 14.8 Å². The fourth-order valence-corrected chi connectivity index (χ4v) is 3.80. The Morgan fingerprint density at radius 1 is 1.16 bits per heavy atom. The van der Waals surface area contributed by atoms with Gasteiger partial charge in [0.1, 0.15) is 17.1 Å². The van der Waals surface area contributed by atoms with Crippen molar-refractivity contribution in [2.24, 2.45) is 0 Å². The summed E-state index contributed by atoms with van der Waals surface area (Å²) in [7, 11) is 4.88. The van der Waals surface area contributed by atoms with Crippen molar-refractivity contribution >= 4 is 22.4 Å². The molecule has 164 valence electrons. The molecule has 1 atom stereocenters. The van der Waals surface area contributed by atoms with Gasteiger partial charge in [0.25, 0.3) is 0 Å². The third-order valence-corrected chi connectivity index (χ3v) is 5.22. The summed E-state index contributed by atoms with van der Waals surface area (Å²) in [4.78, 5) is 12.5. The molecule has 0 bridgehead atoms. The molecule has 1 N–H and O–H groups in total. The molecule has 2 aromatic carbocycles. The molecule has 1 unspecified atom stereocenters. The first kappa shape index (κ1) is 22.4. The molecule has 1 aromatic heterocycles. The zero-order valence-electron chi connectivity index (χ0n) is 18.9. The fourth-order valence-electron chi connectivity index (χ4n) is 3.80. The molecule has 3 aromatic rings. The van der Waals surface area contributed by atoms with Gasteiger partial charge in [0, 0.05) is 46.9 Å². The molecule has 0 saturated heterocycles. The first-order valence-corrected chi connectivity index (χ1v) is 10.1.